The summed E-state index contributed by atoms with van der Waals surface area (Å²) >= 11 is 0. The molecule has 0 aliphatic carbocycles. The molecule has 0 fully saturated rings. The molecule has 4 aromatic rings. The van der Waals surface area contributed by atoms with Crippen LogP contribution in [0.4, 0.5) is 18.9 Å². The van der Waals surface area contributed by atoms with Gasteiger partial charge in [-0.15, -0.1) is 0 Å². The highest BCUT2D eigenvalue weighted by molar-refractivity contribution is 5.79. The Morgan fingerprint density at radius 2 is 1.70 bits per heavy atom. The molecule has 30 heavy (non-hydrogen) atoms. The summed E-state index contributed by atoms with van der Waals surface area (Å²) in [6.07, 6.45) is -0.210. The third kappa shape index (κ3) is 3.56. The number of nitrogens with zero attached hydrogens (tertiary/aromatic N) is 6. The summed E-state index contributed by atoms with van der Waals surface area (Å²) < 4.78 is 40.8. The minimum Gasteiger partial charge on any atom is -0.283 e. The Labute approximate surface area is 167 Å². The number of imidazole rings is 1. The fourth-order valence-corrected chi connectivity index (χ4v) is 2.76. The van der Waals surface area contributed by atoms with Gasteiger partial charge in [0.05, 0.1) is 18.4 Å². The maximum atomic E-state index is 12.6. The van der Waals surface area contributed by atoms with Gasteiger partial charge in [0.1, 0.15) is 12.7 Å². The number of alkyl halides is 3. The summed E-state index contributed by atoms with van der Waals surface area (Å²) in [5.41, 5.74) is 1.66. The summed E-state index contributed by atoms with van der Waals surface area (Å²) in [5, 5.41) is 12.4. The van der Waals surface area contributed by atoms with Gasteiger partial charge in [-0.1, -0.05) is 24.3 Å². The molecule has 7 nitrogen and oxygen atoms in total. The van der Waals surface area contributed by atoms with E-state index in [0.29, 0.717) is 22.4 Å². The molecule has 0 aliphatic heterocycles. The van der Waals surface area contributed by atoms with Gasteiger partial charge in [-0.05, 0) is 29.8 Å². The van der Waals surface area contributed by atoms with Gasteiger partial charge in [-0.25, -0.2) is 19.5 Å². The van der Waals surface area contributed by atoms with Crippen molar-refractivity contribution < 1.29 is 13.2 Å². The van der Waals surface area contributed by atoms with Crippen molar-refractivity contribution >= 4 is 23.1 Å². The van der Waals surface area contributed by atoms with E-state index in [1.807, 2.05) is 0 Å². The molecule has 0 bridgehead atoms. The number of nitrogens with one attached hydrogen (secondary N) is 1. The van der Waals surface area contributed by atoms with Crippen molar-refractivity contribution in [2.75, 3.05) is 0 Å². The molecular formula is C20H12F3N7. The van der Waals surface area contributed by atoms with Gasteiger partial charge in [0.15, 0.2) is 22.3 Å². The molecule has 2 heterocycles. The maximum Gasteiger partial charge on any atom is 0.416 e. The molecule has 2 aromatic carbocycles. The van der Waals surface area contributed by atoms with E-state index in [2.05, 4.69) is 19.9 Å². The van der Waals surface area contributed by atoms with Crippen LogP contribution >= 0.6 is 0 Å². The van der Waals surface area contributed by atoms with Crippen molar-refractivity contribution in [3.05, 3.63) is 89.2 Å². The van der Waals surface area contributed by atoms with Gasteiger partial charge in [0.2, 0.25) is 0 Å². The highest BCUT2D eigenvalue weighted by Gasteiger charge is 2.29. The van der Waals surface area contributed by atoms with Crippen LogP contribution in [0.3, 0.4) is 0 Å². The Kier molecular flexibility index (Phi) is 4.63. The summed E-state index contributed by atoms with van der Waals surface area (Å²) in [6.45, 7) is 7.01. The fraction of sp³-hybridized carbons (Fsp3) is 0.0500. The predicted molar refractivity (Wildman–Crippen MR) is 103 cm³/mol. The number of aromatic nitrogens is 4. The highest BCUT2D eigenvalue weighted by Crippen LogP contribution is 2.28. The second kappa shape index (κ2) is 7.29. The topological polar surface area (TPSA) is 76.2 Å². The van der Waals surface area contributed by atoms with Gasteiger partial charge in [0.25, 0.3) is 0 Å². The number of rotatable bonds is 3. The highest BCUT2D eigenvalue weighted by atomic mass is 19.4. The van der Waals surface area contributed by atoms with E-state index in [1.54, 1.807) is 28.8 Å². The molecule has 0 saturated heterocycles. The first kappa shape index (κ1) is 19.1. The molecule has 0 radical (unpaired) electrons. The molecule has 0 atom stereocenters. The summed E-state index contributed by atoms with van der Waals surface area (Å²) in [6, 6.07) is 11.4. The van der Waals surface area contributed by atoms with Crippen LogP contribution in [-0.2, 0) is 6.18 Å². The molecule has 0 aliphatic rings. The van der Waals surface area contributed by atoms with Crippen LogP contribution in [0.5, 0.6) is 0 Å². The molecular weight excluding hydrogens is 395 g/mol. The van der Waals surface area contributed by atoms with Crippen molar-refractivity contribution in [1.29, 1.82) is 5.41 Å². The zero-order valence-electron chi connectivity index (χ0n) is 15.2. The Hall–Kier alpha value is -4.26. The normalized spacial score (nSPS) is 11.8. The number of benzene rings is 2. The van der Waals surface area contributed by atoms with Crippen LogP contribution < -0.4 is 5.49 Å². The fourth-order valence-electron chi connectivity index (χ4n) is 2.76. The Balaban J connectivity index is 1.65. The molecule has 4 rings (SSSR count). The monoisotopic (exact) mass is 407 g/mol. The molecule has 0 unspecified atom stereocenters. The summed E-state index contributed by atoms with van der Waals surface area (Å²) in [4.78, 5) is 11.9. The van der Waals surface area contributed by atoms with Crippen LogP contribution in [0, 0.1) is 12.0 Å². The third-order valence-corrected chi connectivity index (χ3v) is 4.31. The quantitative estimate of drug-likeness (QED) is 0.409. The molecule has 1 N–H and O–H groups in total. The van der Waals surface area contributed by atoms with Gasteiger partial charge in [0, 0.05) is 5.69 Å². The van der Waals surface area contributed by atoms with Crippen molar-refractivity contribution in [1.82, 2.24) is 19.2 Å². The van der Waals surface area contributed by atoms with E-state index in [-0.39, 0.29) is 5.49 Å². The molecule has 2 aromatic heterocycles. The van der Waals surface area contributed by atoms with Gasteiger partial charge in [-0.3, -0.25) is 9.98 Å². The molecule has 148 valence electrons. The lowest BCUT2D eigenvalue weighted by atomic mass is 10.1. The van der Waals surface area contributed by atoms with Crippen molar-refractivity contribution in [3.8, 4) is 5.69 Å². The molecule has 0 amide bonds. The van der Waals surface area contributed by atoms with Crippen molar-refractivity contribution in [2.45, 2.75) is 6.18 Å². The number of hydrogen-bond donors (Lipinski definition) is 1. The third-order valence-electron chi connectivity index (χ3n) is 4.31. The first-order valence-electron chi connectivity index (χ1n) is 8.55. The standard InChI is InChI=1S/C20H12F3N7/c1-25-15-6-8-16(9-7-15)29-11-26-17-18(24)30(12-27-19(17)29)28-10-13-2-4-14(5-3-13)20(21,22)23/h2-12,24H/b24-18?,28-10+. The second-order valence-electron chi connectivity index (χ2n) is 6.22. The Morgan fingerprint density at radius 1 is 1.00 bits per heavy atom. The van der Waals surface area contributed by atoms with E-state index in [1.165, 1.54) is 35.7 Å². The van der Waals surface area contributed by atoms with Crippen LogP contribution in [0.15, 0.2) is 66.3 Å². The minimum absolute atomic E-state index is 0.0281. The second-order valence-corrected chi connectivity index (χ2v) is 6.22. The van der Waals surface area contributed by atoms with E-state index < -0.39 is 11.7 Å². The molecule has 10 heteroatoms. The summed E-state index contributed by atoms with van der Waals surface area (Å²) in [5.74, 6) is 0. The van der Waals surface area contributed by atoms with Crippen LogP contribution in [-0.4, -0.2) is 25.4 Å². The van der Waals surface area contributed by atoms with Crippen LogP contribution in [0.2, 0.25) is 0 Å². The molecule has 0 spiro atoms. The SMILES string of the molecule is [C-]#[N+]c1ccc(-n2cnc3c(=N)n(/N=C/c4ccc(C(F)(F)F)cc4)cnc32)cc1. The zero-order chi connectivity index (χ0) is 21.3. The predicted octanol–water partition coefficient (Wildman–Crippen LogP) is 4.15. The lowest BCUT2D eigenvalue weighted by molar-refractivity contribution is -0.137. The zero-order valence-corrected chi connectivity index (χ0v) is 15.2. The number of hydrogen-bond acceptors (Lipinski definition) is 4. The molecule has 0 saturated carbocycles. The maximum absolute atomic E-state index is 12.6. The smallest absolute Gasteiger partial charge is 0.283 e. The van der Waals surface area contributed by atoms with E-state index >= 15 is 0 Å². The largest absolute Gasteiger partial charge is 0.416 e. The Morgan fingerprint density at radius 3 is 2.33 bits per heavy atom. The first-order chi connectivity index (χ1) is 14.4. The van der Waals surface area contributed by atoms with Gasteiger partial charge < -0.3 is 0 Å². The lowest BCUT2D eigenvalue weighted by Gasteiger charge is -2.06. The van der Waals surface area contributed by atoms with Crippen LogP contribution in [0.25, 0.3) is 21.7 Å². The van der Waals surface area contributed by atoms with Crippen molar-refractivity contribution in [2.24, 2.45) is 5.10 Å². The number of fused-ring (bicyclic) bond motifs is 1. The summed E-state index contributed by atoms with van der Waals surface area (Å²) in [7, 11) is 0. The van der Waals surface area contributed by atoms with E-state index in [9.17, 15) is 13.2 Å². The van der Waals surface area contributed by atoms with Crippen LogP contribution in [0.1, 0.15) is 11.1 Å². The van der Waals surface area contributed by atoms with Gasteiger partial charge >= 0.3 is 6.18 Å². The van der Waals surface area contributed by atoms with E-state index in [0.717, 1.165) is 17.8 Å². The van der Waals surface area contributed by atoms with Crippen molar-refractivity contribution in [3.63, 3.8) is 0 Å². The lowest BCUT2D eigenvalue weighted by Crippen LogP contribution is -2.18. The minimum atomic E-state index is -4.40. The van der Waals surface area contributed by atoms with E-state index in [4.69, 9.17) is 12.0 Å². The Bertz CT molecular complexity index is 1340. The first-order valence-corrected chi connectivity index (χ1v) is 8.55. The average Bonchev–Trinajstić information content (AvgIpc) is 3.18. The number of halogens is 3. The van der Waals surface area contributed by atoms with Gasteiger partial charge in [-0.2, -0.15) is 18.3 Å². The average molecular weight is 407 g/mol.